The number of epoxide rings is 1. The molecule has 2 aliphatic rings. The number of rotatable bonds is 11. The van der Waals surface area contributed by atoms with E-state index in [1.54, 1.807) is 53.7 Å². The largest absolute Gasteiger partial charge is 0.455 e. The maximum absolute atomic E-state index is 12.8. The molecule has 0 spiro atoms. The smallest absolute Gasteiger partial charge is 0.333 e. The van der Waals surface area contributed by atoms with Crippen LogP contribution in [0.4, 0.5) is 0 Å². The number of fused-ring (bicyclic) bond motifs is 1. The lowest BCUT2D eigenvalue weighted by Crippen LogP contribution is -2.54. The first-order chi connectivity index (χ1) is 17.1. The first kappa shape index (κ1) is 30.7. The van der Waals surface area contributed by atoms with E-state index in [2.05, 4.69) is 6.58 Å². The molecule has 1 heterocycles. The standard InChI is InChI=1S/C28H42O9/c1-11-15(3)25(31)35-20(14-21(30)27(7,8)33-10)17(5)19-13-22-28(9,37-22)24(34-18(6)29)23(19)36-26(32)16(4)12-2/h11-12,19-24,30H,5,13-14H2,1-4,6-10H3/b15-11-,16-12-/t19-,20?,21?,22-,23+,24+,28-/m0/s1. The van der Waals surface area contributed by atoms with E-state index in [1.165, 1.54) is 14.0 Å². The molecule has 1 aliphatic carbocycles. The van der Waals surface area contributed by atoms with Gasteiger partial charge in [0.1, 0.15) is 17.8 Å². The lowest BCUT2D eigenvalue weighted by atomic mass is 9.73. The van der Waals surface area contributed by atoms with E-state index in [1.807, 2.05) is 6.92 Å². The highest BCUT2D eigenvalue weighted by Crippen LogP contribution is 2.53. The van der Waals surface area contributed by atoms with Crippen molar-refractivity contribution in [3.05, 3.63) is 35.5 Å². The number of aliphatic hydroxyl groups is 1. The number of aliphatic hydroxyl groups excluding tert-OH is 1. The molecular weight excluding hydrogens is 480 g/mol. The van der Waals surface area contributed by atoms with Gasteiger partial charge in [-0.15, -0.1) is 0 Å². The van der Waals surface area contributed by atoms with Crippen LogP contribution in [0.15, 0.2) is 35.5 Å². The van der Waals surface area contributed by atoms with Crippen LogP contribution in [-0.2, 0) is 38.1 Å². The van der Waals surface area contributed by atoms with Crippen LogP contribution in [0.3, 0.4) is 0 Å². The Morgan fingerprint density at radius 3 is 2.19 bits per heavy atom. The molecule has 2 fully saturated rings. The number of esters is 3. The molecule has 1 saturated heterocycles. The highest BCUT2D eigenvalue weighted by molar-refractivity contribution is 5.88. The fourth-order valence-electron chi connectivity index (χ4n) is 4.39. The quantitative estimate of drug-likeness (QED) is 0.143. The summed E-state index contributed by atoms with van der Waals surface area (Å²) in [7, 11) is 1.48. The molecule has 1 saturated carbocycles. The van der Waals surface area contributed by atoms with Gasteiger partial charge in [0.25, 0.3) is 0 Å². The Morgan fingerprint density at radius 1 is 1.11 bits per heavy atom. The van der Waals surface area contributed by atoms with Crippen LogP contribution in [0.2, 0.25) is 0 Å². The molecule has 0 aromatic carbocycles. The second-order valence-corrected chi connectivity index (χ2v) is 10.5. The number of carbonyl (C=O) groups is 3. The average molecular weight is 523 g/mol. The Bertz CT molecular complexity index is 963. The minimum Gasteiger partial charge on any atom is -0.455 e. The van der Waals surface area contributed by atoms with Crippen molar-refractivity contribution in [3.63, 3.8) is 0 Å². The normalized spacial score (nSPS) is 29.5. The minimum absolute atomic E-state index is 0.00547. The molecule has 9 heteroatoms. The summed E-state index contributed by atoms with van der Waals surface area (Å²) in [5.41, 5.74) is -0.541. The Hall–Kier alpha value is -2.49. The minimum atomic E-state index is -1.01. The Kier molecular flexibility index (Phi) is 9.90. The van der Waals surface area contributed by atoms with Gasteiger partial charge >= 0.3 is 17.9 Å². The van der Waals surface area contributed by atoms with E-state index in [9.17, 15) is 19.5 Å². The van der Waals surface area contributed by atoms with Crippen LogP contribution in [0.1, 0.15) is 68.2 Å². The maximum Gasteiger partial charge on any atom is 0.333 e. The van der Waals surface area contributed by atoms with E-state index in [0.29, 0.717) is 23.1 Å². The maximum atomic E-state index is 12.8. The van der Waals surface area contributed by atoms with Gasteiger partial charge in [-0.05, 0) is 60.5 Å². The first-order valence-electron chi connectivity index (χ1n) is 12.6. The fourth-order valence-corrected chi connectivity index (χ4v) is 4.39. The van der Waals surface area contributed by atoms with E-state index >= 15 is 0 Å². The van der Waals surface area contributed by atoms with Crippen molar-refractivity contribution in [2.75, 3.05) is 7.11 Å². The summed E-state index contributed by atoms with van der Waals surface area (Å²) in [6.45, 7) is 17.5. The zero-order valence-corrected chi connectivity index (χ0v) is 23.5. The second kappa shape index (κ2) is 11.9. The summed E-state index contributed by atoms with van der Waals surface area (Å²) in [4.78, 5) is 37.6. The molecule has 0 radical (unpaired) electrons. The molecule has 2 unspecified atom stereocenters. The van der Waals surface area contributed by atoms with Crippen molar-refractivity contribution in [3.8, 4) is 0 Å². The SMILES string of the molecule is C=C(C(CC(O)C(C)(C)OC)OC(=O)/C(C)=C\C)[C@@H]1C[C@@H]2O[C@]2(C)[C@H](OC(C)=O)[C@@H]1OC(=O)/C(C)=C\C. The van der Waals surface area contributed by atoms with E-state index in [0.717, 1.165) is 0 Å². The number of ether oxygens (including phenoxy) is 5. The van der Waals surface area contributed by atoms with Gasteiger partial charge in [0.2, 0.25) is 0 Å². The van der Waals surface area contributed by atoms with Crippen LogP contribution in [0.25, 0.3) is 0 Å². The molecular formula is C28H42O9. The van der Waals surface area contributed by atoms with Crippen molar-refractivity contribution < 1.29 is 43.2 Å². The molecule has 0 aromatic heterocycles. The topological polar surface area (TPSA) is 121 Å². The van der Waals surface area contributed by atoms with Gasteiger partial charge in [-0.25, -0.2) is 9.59 Å². The second-order valence-electron chi connectivity index (χ2n) is 10.5. The van der Waals surface area contributed by atoms with Gasteiger partial charge in [0.05, 0.1) is 17.8 Å². The lowest BCUT2D eigenvalue weighted by molar-refractivity contribution is -0.176. The molecule has 0 bridgehead atoms. The van der Waals surface area contributed by atoms with Gasteiger partial charge in [0, 0.05) is 37.5 Å². The Balaban J connectivity index is 2.49. The predicted octanol–water partition coefficient (Wildman–Crippen LogP) is 3.58. The Morgan fingerprint density at radius 2 is 1.68 bits per heavy atom. The molecule has 0 amide bonds. The van der Waals surface area contributed by atoms with Crippen molar-refractivity contribution >= 4 is 17.9 Å². The lowest BCUT2D eigenvalue weighted by Gasteiger charge is -2.41. The van der Waals surface area contributed by atoms with Crippen LogP contribution < -0.4 is 0 Å². The molecule has 1 aliphatic heterocycles. The average Bonchev–Trinajstić information content (AvgIpc) is 3.53. The molecule has 37 heavy (non-hydrogen) atoms. The molecule has 208 valence electrons. The summed E-state index contributed by atoms with van der Waals surface area (Å²) in [5, 5.41) is 10.9. The third-order valence-corrected chi connectivity index (χ3v) is 7.66. The van der Waals surface area contributed by atoms with Crippen LogP contribution in [0, 0.1) is 5.92 Å². The van der Waals surface area contributed by atoms with Crippen molar-refractivity contribution in [1.82, 2.24) is 0 Å². The van der Waals surface area contributed by atoms with Crippen LogP contribution >= 0.6 is 0 Å². The van der Waals surface area contributed by atoms with Crippen molar-refractivity contribution in [1.29, 1.82) is 0 Å². The van der Waals surface area contributed by atoms with Crippen LogP contribution in [-0.4, -0.2) is 71.8 Å². The summed E-state index contributed by atoms with van der Waals surface area (Å²) in [6, 6.07) is 0. The molecule has 2 rings (SSSR count). The number of hydrogen-bond acceptors (Lipinski definition) is 9. The Labute approximate surface area is 219 Å². The monoisotopic (exact) mass is 522 g/mol. The van der Waals surface area contributed by atoms with Crippen LogP contribution in [0.5, 0.6) is 0 Å². The zero-order valence-electron chi connectivity index (χ0n) is 23.5. The van der Waals surface area contributed by atoms with Gasteiger partial charge in [-0.2, -0.15) is 0 Å². The zero-order chi connectivity index (χ0) is 28.3. The first-order valence-corrected chi connectivity index (χ1v) is 12.6. The third-order valence-electron chi connectivity index (χ3n) is 7.66. The highest BCUT2D eigenvalue weighted by Gasteiger charge is 2.68. The summed E-state index contributed by atoms with van der Waals surface area (Å²) in [5.74, 6) is -2.25. The van der Waals surface area contributed by atoms with Gasteiger partial charge < -0.3 is 28.8 Å². The third kappa shape index (κ3) is 6.89. The number of hydrogen-bond donors (Lipinski definition) is 1. The number of carbonyl (C=O) groups excluding carboxylic acids is 3. The molecule has 1 N–H and O–H groups in total. The molecule has 0 aromatic rings. The summed E-state index contributed by atoms with van der Waals surface area (Å²) < 4.78 is 28.7. The number of allylic oxidation sites excluding steroid dienone is 2. The van der Waals surface area contributed by atoms with Crippen molar-refractivity contribution in [2.24, 2.45) is 5.92 Å². The van der Waals surface area contributed by atoms with E-state index in [-0.39, 0.29) is 12.5 Å². The van der Waals surface area contributed by atoms with Gasteiger partial charge in [-0.1, -0.05) is 18.7 Å². The van der Waals surface area contributed by atoms with E-state index in [4.69, 9.17) is 23.7 Å². The number of methoxy groups -OCH3 is 1. The predicted molar refractivity (Wildman–Crippen MR) is 136 cm³/mol. The summed E-state index contributed by atoms with van der Waals surface area (Å²) >= 11 is 0. The van der Waals surface area contributed by atoms with Gasteiger partial charge in [-0.3, -0.25) is 4.79 Å². The van der Waals surface area contributed by atoms with Gasteiger partial charge in [0.15, 0.2) is 6.10 Å². The molecule has 9 nitrogen and oxygen atoms in total. The fraction of sp³-hybridized carbons (Fsp3) is 0.679. The summed E-state index contributed by atoms with van der Waals surface area (Å²) in [6.07, 6.45) is -0.418. The molecule has 7 atom stereocenters. The highest BCUT2D eigenvalue weighted by atomic mass is 16.7. The van der Waals surface area contributed by atoms with Crippen molar-refractivity contribution in [2.45, 2.75) is 110 Å². The van der Waals surface area contributed by atoms with E-state index < -0.39 is 59.4 Å².